The van der Waals surface area contributed by atoms with E-state index in [-0.39, 0.29) is 30.3 Å². The monoisotopic (exact) mass is 262 g/mol. The fourth-order valence-electron chi connectivity index (χ4n) is 2.23. The average Bonchev–Trinajstić information content (AvgIpc) is 2.55. The van der Waals surface area contributed by atoms with E-state index in [4.69, 9.17) is 5.73 Å². The first-order valence-electron chi connectivity index (χ1n) is 6.71. The third-order valence-electron chi connectivity index (χ3n) is 3.76. The Morgan fingerprint density at radius 2 is 1.82 bits per heavy atom. The number of carbonyl (C=O) groups excluding carboxylic acids is 1. The van der Waals surface area contributed by atoms with Crippen molar-refractivity contribution in [2.45, 2.75) is 70.9 Å². The van der Waals surface area contributed by atoms with Gasteiger partial charge in [0.2, 0.25) is 5.91 Å². The lowest BCUT2D eigenvalue weighted by Crippen LogP contribution is -2.48. The van der Waals surface area contributed by atoms with Gasteiger partial charge < -0.3 is 11.1 Å². The zero-order valence-corrected chi connectivity index (χ0v) is 11.9. The molecule has 1 aliphatic carbocycles. The van der Waals surface area contributed by atoms with Crippen LogP contribution < -0.4 is 11.1 Å². The van der Waals surface area contributed by atoms with E-state index in [1.54, 1.807) is 0 Å². The summed E-state index contributed by atoms with van der Waals surface area (Å²) in [4.78, 5) is 11.9. The maximum absolute atomic E-state index is 11.9. The van der Waals surface area contributed by atoms with Crippen LogP contribution in [0.4, 0.5) is 0 Å². The second kappa shape index (κ2) is 8.76. The molecule has 0 saturated heterocycles. The van der Waals surface area contributed by atoms with Gasteiger partial charge in [0.1, 0.15) is 0 Å². The largest absolute Gasteiger partial charge is 0.352 e. The van der Waals surface area contributed by atoms with Crippen molar-refractivity contribution >= 4 is 18.3 Å². The van der Waals surface area contributed by atoms with Gasteiger partial charge in [-0.25, -0.2) is 0 Å². The maximum atomic E-state index is 11.9. The third kappa shape index (κ3) is 5.73. The van der Waals surface area contributed by atoms with Gasteiger partial charge in [0.15, 0.2) is 0 Å². The molecule has 0 aliphatic heterocycles. The SMILES string of the molecule is CCC(C)C(N)C(=O)NC1CCCCCC1.Cl. The van der Waals surface area contributed by atoms with Crippen molar-refractivity contribution in [2.75, 3.05) is 0 Å². The van der Waals surface area contributed by atoms with Gasteiger partial charge in [-0.3, -0.25) is 4.79 Å². The van der Waals surface area contributed by atoms with Gasteiger partial charge in [-0.2, -0.15) is 0 Å². The Hall–Kier alpha value is -0.280. The summed E-state index contributed by atoms with van der Waals surface area (Å²) in [5.74, 6) is 0.312. The standard InChI is InChI=1S/C13H26N2O.ClH/c1-3-10(2)12(14)13(16)15-11-8-6-4-5-7-9-11;/h10-12H,3-9,14H2,1-2H3,(H,15,16);1H. The summed E-state index contributed by atoms with van der Waals surface area (Å²) in [6.07, 6.45) is 8.30. The van der Waals surface area contributed by atoms with Crippen LogP contribution in [0.5, 0.6) is 0 Å². The van der Waals surface area contributed by atoms with Crippen molar-refractivity contribution in [1.82, 2.24) is 5.32 Å². The van der Waals surface area contributed by atoms with Crippen LogP contribution in [0.2, 0.25) is 0 Å². The number of hydrogen-bond acceptors (Lipinski definition) is 2. The summed E-state index contributed by atoms with van der Waals surface area (Å²) < 4.78 is 0. The van der Waals surface area contributed by atoms with Gasteiger partial charge in [0.25, 0.3) is 0 Å². The average molecular weight is 263 g/mol. The van der Waals surface area contributed by atoms with E-state index in [1.165, 1.54) is 25.7 Å². The first kappa shape index (κ1) is 16.7. The highest BCUT2D eigenvalue weighted by Crippen LogP contribution is 2.17. The van der Waals surface area contributed by atoms with E-state index in [1.807, 2.05) is 6.92 Å². The number of carbonyl (C=O) groups is 1. The third-order valence-corrected chi connectivity index (χ3v) is 3.76. The Morgan fingerprint density at radius 3 is 2.29 bits per heavy atom. The Labute approximate surface area is 111 Å². The highest BCUT2D eigenvalue weighted by atomic mass is 35.5. The molecule has 1 saturated carbocycles. The Balaban J connectivity index is 0.00000256. The Kier molecular flexibility index (Phi) is 8.61. The van der Waals surface area contributed by atoms with Crippen molar-refractivity contribution in [2.24, 2.45) is 11.7 Å². The molecule has 3 nitrogen and oxygen atoms in total. The van der Waals surface area contributed by atoms with Crippen molar-refractivity contribution in [1.29, 1.82) is 0 Å². The molecular weight excluding hydrogens is 236 g/mol. The second-order valence-electron chi connectivity index (χ2n) is 5.11. The molecule has 2 atom stereocenters. The molecule has 0 bridgehead atoms. The van der Waals surface area contributed by atoms with E-state index >= 15 is 0 Å². The number of nitrogens with two attached hydrogens (primary N) is 1. The van der Waals surface area contributed by atoms with Gasteiger partial charge in [-0.1, -0.05) is 46.0 Å². The number of rotatable bonds is 4. The van der Waals surface area contributed by atoms with Gasteiger partial charge in [-0.05, 0) is 18.8 Å². The molecule has 0 aromatic rings. The van der Waals surface area contributed by atoms with Crippen LogP contribution in [0.3, 0.4) is 0 Å². The molecule has 4 heteroatoms. The molecular formula is C13H27ClN2O. The molecule has 17 heavy (non-hydrogen) atoms. The lowest BCUT2D eigenvalue weighted by molar-refractivity contribution is -0.124. The molecule has 0 aromatic heterocycles. The topological polar surface area (TPSA) is 55.1 Å². The van der Waals surface area contributed by atoms with Crippen LogP contribution in [0, 0.1) is 5.92 Å². The van der Waals surface area contributed by atoms with Crippen molar-refractivity contribution in [3.63, 3.8) is 0 Å². The van der Waals surface area contributed by atoms with Gasteiger partial charge >= 0.3 is 0 Å². The first-order valence-corrected chi connectivity index (χ1v) is 6.71. The molecule has 2 unspecified atom stereocenters. The molecule has 102 valence electrons. The lowest BCUT2D eigenvalue weighted by Gasteiger charge is -2.22. The second-order valence-corrected chi connectivity index (χ2v) is 5.11. The normalized spacial score (nSPS) is 20.9. The van der Waals surface area contributed by atoms with Gasteiger partial charge in [-0.15, -0.1) is 12.4 Å². The minimum Gasteiger partial charge on any atom is -0.352 e. The van der Waals surface area contributed by atoms with E-state index in [0.717, 1.165) is 19.3 Å². The summed E-state index contributed by atoms with van der Waals surface area (Å²) in [7, 11) is 0. The number of nitrogens with one attached hydrogen (secondary N) is 1. The molecule has 1 fully saturated rings. The van der Waals surface area contributed by atoms with Crippen LogP contribution in [0.1, 0.15) is 58.8 Å². The summed E-state index contributed by atoms with van der Waals surface area (Å²) in [6, 6.07) is 0.0263. The molecule has 0 aromatic carbocycles. The molecule has 0 spiro atoms. The minimum absolute atomic E-state index is 0. The van der Waals surface area contributed by atoms with E-state index in [2.05, 4.69) is 12.2 Å². The molecule has 3 N–H and O–H groups in total. The van der Waals surface area contributed by atoms with Crippen LogP contribution in [-0.4, -0.2) is 18.0 Å². The van der Waals surface area contributed by atoms with Crippen LogP contribution >= 0.6 is 12.4 Å². The molecule has 1 aliphatic rings. The summed E-state index contributed by atoms with van der Waals surface area (Å²) in [5, 5.41) is 3.11. The highest BCUT2D eigenvalue weighted by Gasteiger charge is 2.22. The van der Waals surface area contributed by atoms with Gasteiger partial charge in [0.05, 0.1) is 6.04 Å². The van der Waals surface area contributed by atoms with Crippen molar-refractivity contribution < 1.29 is 4.79 Å². The zero-order valence-electron chi connectivity index (χ0n) is 11.1. The number of hydrogen-bond donors (Lipinski definition) is 2. The molecule has 1 rings (SSSR count). The quantitative estimate of drug-likeness (QED) is 0.766. The minimum atomic E-state index is -0.340. The lowest BCUT2D eigenvalue weighted by atomic mass is 9.98. The Morgan fingerprint density at radius 1 is 1.29 bits per heavy atom. The van der Waals surface area contributed by atoms with Crippen molar-refractivity contribution in [3.8, 4) is 0 Å². The van der Waals surface area contributed by atoms with Crippen LogP contribution in [0.25, 0.3) is 0 Å². The smallest absolute Gasteiger partial charge is 0.237 e. The van der Waals surface area contributed by atoms with Crippen LogP contribution in [0.15, 0.2) is 0 Å². The molecule has 0 radical (unpaired) electrons. The summed E-state index contributed by atoms with van der Waals surface area (Å²) >= 11 is 0. The summed E-state index contributed by atoms with van der Waals surface area (Å²) in [6.45, 7) is 4.11. The first-order chi connectivity index (χ1) is 7.65. The zero-order chi connectivity index (χ0) is 12.0. The fourth-order valence-corrected chi connectivity index (χ4v) is 2.23. The van der Waals surface area contributed by atoms with E-state index in [0.29, 0.717) is 6.04 Å². The predicted molar refractivity (Wildman–Crippen MR) is 74.3 cm³/mol. The Bertz CT molecular complexity index is 215. The molecule has 0 heterocycles. The number of amides is 1. The maximum Gasteiger partial charge on any atom is 0.237 e. The summed E-state index contributed by atoms with van der Waals surface area (Å²) in [5.41, 5.74) is 5.92. The molecule has 1 amide bonds. The predicted octanol–water partition coefficient (Wildman–Crippen LogP) is 2.62. The van der Waals surface area contributed by atoms with E-state index < -0.39 is 0 Å². The van der Waals surface area contributed by atoms with Crippen LogP contribution in [-0.2, 0) is 4.79 Å². The fraction of sp³-hybridized carbons (Fsp3) is 0.923. The van der Waals surface area contributed by atoms with Gasteiger partial charge in [0, 0.05) is 6.04 Å². The van der Waals surface area contributed by atoms with Crippen molar-refractivity contribution in [3.05, 3.63) is 0 Å². The van der Waals surface area contributed by atoms with E-state index in [9.17, 15) is 4.79 Å². The number of halogens is 1. The highest BCUT2D eigenvalue weighted by molar-refractivity contribution is 5.85.